The van der Waals surface area contributed by atoms with E-state index in [2.05, 4.69) is 5.32 Å². The van der Waals surface area contributed by atoms with Gasteiger partial charge in [0, 0.05) is 27.7 Å². The Morgan fingerprint density at radius 3 is 2.02 bits per heavy atom. The smallest absolute Gasteiger partial charge is 0.264 e. The van der Waals surface area contributed by atoms with Gasteiger partial charge in [0.15, 0.2) is 0 Å². The number of anilines is 1. The molecule has 0 aromatic heterocycles. The van der Waals surface area contributed by atoms with E-state index in [1.165, 1.54) is 4.90 Å². The van der Waals surface area contributed by atoms with Crippen LogP contribution in [0.5, 0.6) is 0 Å². The van der Waals surface area contributed by atoms with Crippen LogP contribution in [0, 0.1) is 12.7 Å². The molecular formula is C30H34Cl2FN3O4S. The summed E-state index contributed by atoms with van der Waals surface area (Å²) in [5.74, 6) is -1.65. The van der Waals surface area contributed by atoms with E-state index in [1.807, 2.05) is 27.7 Å². The third-order valence-corrected chi connectivity index (χ3v) is 8.77. The number of nitrogens with zero attached hydrogens (tertiary/aromatic N) is 2. The molecule has 0 aliphatic rings. The minimum Gasteiger partial charge on any atom is -0.350 e. The quantitative estimate of drug-likeness (QED) is 0.285. The molecule has 11 heteroatoms. The molecular weight excluding hydrogens is 588 g/mol. The first kappa shape index (κ1) is 32.4. The highest BCUT2D eigenvalue weighted by molar-refractivity contribution is 7.92. The average molecular weight is 623 g/mol. The number of hydrogen-bond donors (Lipinski definition) is 1. The van der Waals surface area contributed by atoms with Gasteiger partial charge in [-0.05, 0) is 82.6 Å². The first-order valence-corrected chi connectivity index (χ1v) is 15.2. The largest absolute Gasteiger partial charge is 0.350 e. The van der Waals surface area contributed by atoms with Crippen molar-refractivity contribution in [2.45, 2.75) is 64.1 Å². The molecule has 1 N–H and O–H groups in total. The van der Waals surface area contributed by atoms with Gasteiger partial charge >= 0.3 is 0 Å². The average Bonchev–Trinajstić information content (AvgIpc) is 2.88. The van der Waals surface area contributed by atoms with E-state index < -0.39 is 45.8 Å². The van der Waals surface area contributed by atoms with E-state index in [-0.39, 0.29) is 23.5 Å². The summed E-state index contributed by atoms with van der Waals surface area (Å²) in [5.41, 5.74) is 0.964. The molecule has 0 saturated heterocycles. The Kier molecular flexibility index (Phi) is 10.4. The van der Waals surface area contributed by atoms with Crippen LogP contribution in [0.15, 0.2) is 71.6 Å². The Hall–Kier alpha value is -3.14. The summed E-state index contributed by atoms with van der Waals surface area (Å²) in [7, 11) is -4.32. The molecule has 3 aromatic carbocycles. The molecule has 0 spiro atoms. The molecule has 0 radical (unpaired) electrons. The minimum absolute atomic E-state index is 0.133. The van der Waals surface area contributed by atoms with Crippen molar-refractivity contribution < 1.29 is 22.4 Å². The third-order valence-electron chi connectivity index (χ3n) is 6.28. The lowest BCUT2D eigenvalue weighted by Gasteiger charge is -2.35. The monoisotopic (exact) mass is 621 g/mol. The SMILES string of the molecule is CC[C@H](C(=O)NC(C)(C)C)N(Cc1c(Cl)cccc1Cl)C(=O)CN(c1ccc(C)cc1)S(=O)(=O)c1ccc(F)cc1. The number of carbonyl (C=O) groups excluding carboxylic acids is 2. The summed E-state index contributed by atoms with van der Waals surface area (Å²) in [4.78, 5) is 28.6. The molecule has 0 fully saturated rings. The van der Waals surface area contributed by atoms with Crippen LogP contribution in [0.3, 0.4) is 0 Å². The Morgan fingerprint density at radius 2 is 1.51 bits per heavy atom. The fourth-order valence-corrected chi connectivity index (χ4v) is 6.13. The van der Waals surface area contributed by atoms with E-state index in [9.17, 15) is 22.4 Å². The highest BCUT2D eigenvalue weighted by Gasteiger charge is 2.35. The zero-order chi connectivity index (χ0) is 30.5. The van der Waals surface area contributed by atoms with E-state index in [4.69, 9.17) is 23.2 Å². The molecule has 0 aliphatic carbocycles. The number of sulfonamides is 1. The molecule has 0 unspecified atom stereocenters. The van der Waals surface area contributed by atoms with Crippen LogP contribution in [0.1, 0.15) is 45.2 Å². The summed E-state index contributed by atoms with van der Waals surface area (Å²) in [6.45, 7) is 8.31. The standard InChI is InChI=1S/C30H34Cl2FN3O4S/c1-6-27(29(38)34-30(3,4)5)35(18-24-25(31)8-7-9-26(24)32)28(37)19-36(22-14-10-20(2)11-15-22)41(39,40)23-16-12-21(33)13-17-23/h7-17,27H,6,18-19H2,1-5H3,(H,34,38)/t27-/m1/s1. The zero-order valence-electron chi connectivity index (χ0n) is 23.6. The normalized spacial score (nSPS) is 12.5. The van der Waals surface area contributed by atoms with Crippen molar-refractivity contribution >= 4 is 50.7 Å². The number of hydrogen-bond acceptors (Lipinski definition) is 4. The Bertz CT molecular complexity index is 1470. The van der Waals surface area contributed by atoms with Crippen LogP contribution >= 0.6 is 23.2 Å². The van der Waals surface area contributed by atoms with E-state index >= 15 is 0 Å². The number of benzene rings is 3. The number of aryl methyl sites for hydroxylation is 1. The van der Waals surface area contributed by atoms with E-state index in [1.54, 1.807) is 49.4 Å². The molecule has 7 nitrogen and oxygen atoms in total. The molecule has 0 aliphatic heterocycles. The van der Waals surface area contributed by atoms with Crippen LogP contribution in [0.4, 0.5) is 10.1 Å². The Balaban J connectivity index is 2.11. The first-order chi connectivity index (χ1) is 19.1. The molecule has 41 heavy (non-hydrogen) atoms. The Labute approximate surface area is 251 Å². The van der Waals surface area contributed by atoms with Gasteiger partial charge in [-0.2, -0.15) is 0 Å². The van der Waals surface area contributed by atoms with Crippen LogP contribution in [-0.4, -0.2) is 43.3 Å². The maximum atomic E-state index is 14.1. The number of rotatable bonds is 10. The fraction of sp³-hybridized carbons (Fsp3) is 0.333. The lowest BCUT2D eigenvalue weighted by Crippen LogP contribution is -2.55. The summed E-state index contributed by atoms with van der Waals surface area (Å²) >= 11 is 12.9. The number of nitrogens with one attached hydrogen (secondary N) is 1. The van der Waals surface area contributed by atoms with Crippen molar-refractivity contribution in [3.05, 3.63) is 93.7 Å². The summed E-state index contributed by atoms with van der Waals surface area (Å²) in [6, 6.07) is 14.9. The summed E-state index contributed by atoms with van der Waals surface area (Å²) in [6.07, 6.45) is 0.241. The predicted molar refractivity (Wildman–Crippen MR) is 161 cm³/mol. The lowest BCUT2D eigenvalue weighted by atomic mass is 10.1. The Morgan fingerprint density at radius 1 is 0.951 bits per heavy atom. The lowest BCUT2D eigenvalue weighted by molar-refractivity contribution is -0.141. The van der Waals surface area contributed by atoms with Crippen molar-refractivity contribution in [1.82, 2.24) is 10.2 Å². The topological polar surface area (TPSA) is 86.8 Å². The minimum atomic E-state index is -4.32. The molecule has 0 heterocycles. The van der Waals surface area contributed by atoms with Crippen molar-refractivity contribution in [3.63, 3.8) is 0 Å². The predicted octanol–water partition coefficient (Wildman–Crippen LogP) is 6.36. The second kappa shape index (κ2) is 13.2. The maximum Gasteiger partial charge on any atom is 0.264 e. The third kappa shape index (κ3) is 8.21. The molecule has 1 atom stereocenters. The van der Waals surface area contributed by atoms with E-state index in [0.717, 1.165) is 34.1 Å². The van der Waals surface area contributed by atoms with Crippen LogP contribution < -0.4 is 9.62 Å². The van der Waals surface area contributed by atoms with Gasteiger partial charge < -0.3 is 10.2 Å². The molecule has 3 aromatic rings. The molecule has 2 amide bonds. The van der Waals surface area contributed by atoms with Gasteiger partial charge in [-0.15, -0.1) is 0 Å². The second-order valence-corrected chi connectivity index (χ2v) is 13.4. The second-order valence-electron chi connectivity index (χ2n) is 10.7. The van der Waals surface area contributed by atoms with Gasteiger partial charge in [0.2, 0.25) is 11.8 Å². The molecule has 3 rings (SSSR count). The van der Waals surface area contributed by atoms with Crippen LogP contribution in [-0.2, 0) is 26.2 Å². The van der Waals surface area contributed by atoms with Crippen molar-refractivity contribution in [2.75, 3.05) is 10.8 Å². The zero-order valence-corrected chi connectivity index (χ0v) is 25.9. The molecule has 0 bridgehead atoms. The highest BCUT2D eigenvalue weighted by atomic mass is 35.5. The summed E-state index contributed by atoms with van der Waals surface area (Å²) in [5, 5.41) is 3.51. The van der Waals surface area contributed by atoms with Gasteiger partial charge in [0.05, 0.1) is 10.6 Å². The number of amides is 2. The first-order valence-electron chi connectivity index (χ1n) is 13.0. The van der Waals surface area contributed by atoms with Gasteiger partial charge in [-0.3, -0.25) is 13.9 Å². The fourth-order valence-electron chi connectivity index (χ4n) is 4.20. The van der Waals surface area contributed by atoms with Gasteiger partial charge in [-0.1, -0.05) is 53.9 Å². The maximum absolute atomic E-state index is 14.1. The molecule has 220 valence electrons. The van der Waals surface area contributed by atoms with E-state index in [0.29, 0.717) is 15.6 Å². The van der Waals surface area contributed by atoms with Gasteiger partial charge in [0.25, 0.3) is 10.0 Å². The van der Waals surface area contributed by atoms with Crippen molar-refractivity contribution in [1.29, 1.82) is 0 Å². The number of halogens is 3. The summed E-state index contributed by atoms with van der Waals surface area (Å²) < 4.78 is 42.2. The van der Waals surface area contributed by atoms with Crippen LogP contribution in [0.25, 0.3) is 0 Å². The number of carbonyl (C=O) groups is 2. The van der Waals surface area contributed by atoms with Gasteiger partial charge in [-0.25, -0.2) is 12.8 Å². The van der Waals surface area contributed by atoms with Gasteiger partial charge in [0.1, 0.15) is 18.4 Å². The van der Waals surface area contributed by atoms with Crippen molar-refractivity contribution in [3.8, 4) is 0 Å². The van der Waals surface area contributed by atoms with Crippen LogP contribution in [0.2, 0.25) is 10.0 Å². The highest BCUT2D eigenvalue weighted by Crippen LogP contribution is 2.29. The van der Waals surface area contributed by atoms with Crippen molar-refractivity contribution in [2.24, 2.45) is 0 Å². The molecule has 0 saturated carbocycles.